The van der Waals surface area contributed by atoms with Gasteiger partial charge in [0.05, 0.1) is 5.41 Å². The summed E-state index contributed by atoms with van der Waals surface area (Å²) < 4.78 is 0. The molecule has 0 amide bonds. The van der Waals surface area contributed by atoms with Gasteiger partial charge in [0.25, 0.3) is 0 Å². The summed E-state index contributed by atoms with van der Waals surface area (Å²) >= 11 is 0. The fourth-order valence-electron chi connectivity index (χ4n) is 12.1. The van der Waals surface area contributed by atoms with Crippen molar-refractivity contribution in [3.63, 3.8) is 0 Å². The highest BCUT2D eigenvalue weighted by molar-refractivity contribution is 6.03. The first-order valence-corrected chi connectivity index (χ1v) is 16.4. The fraction of sp³-hybridized carbons (Fsp3) is 0.730. The van der Waals surface area contributed by atoms with Crippen LogP contribution in [0.1, 0.15) is 117 Å². The Bertz CT molecular complexity index is 1280. The highest BCUT2D eigenvalue weighted by Crippen LogP contribution is 2.76. The molecule has 0 spiro atoms. The van der Waals surface area contributed by atoms with Crippen molar-refractivity contribution >= 4 is 11.8 Å². The minimum absolute atomic E-state index is 0.00244. The van der Waals surface area contributed by atoms with Gasteiger partial charge >= 0.3 is 5.97 Å². The molecule has 1 unspecified atom stereocenters. The molecule has 5 aliphatic rings. The van der Waals surface area contributed by atoms with E-state index < -0.39 is 22.4 Å². The number of hydrogen-bond donors (Lipinski definition) is 2. The third kappa shape index (κ3) is 3.49. The number of aliphatic carboxylic acids is 1. The zero-order chi connectivity index (χ0) is 29.8. The number of aliphatic hydroxyl groups is 1. The van der Waals surface area contributed by atoms with Crippen LogP contribution >= 0.6 is 0 Å². The number of benzene rings is 1. The summed E-state index contributed by atoms with van der Waals surface area (Å²) in [5.41, 5.74) is -0.482. The Balaban J connectivity index is 1.40. The molecule has 0 aliphatic heterocycles. The number of allylic oxidation sites excluding steroid dienone is 2. The van der Waals surface area contributed by atoms with Crippen molar-refractivity contribution in [2.24, 2.45) is 56.7 Å². The normalized spacial score (nSPS) is 48.5. The molecule has 0 saturated heterocycles. The van der Waals surface area contributed by atoms with Gasteiger partial charge in [-0.25, -0.2) is 0 Å². The summed E-state index contributed by atoms with van der Waals surface area (Å²) in [5.74, 6) is 0.971. The molecule has 0 bridgehead atoms. The maximum absolute atomic E-state index is 13.9. The van der Waals surface area contributed by atoms with E-state index >= 15 is 0 Å². The van der Waals surface area contributed by atoms with E-state index in [0.29, 0.717) is 29.7 Å². The molecule has 5 aliphatic carbocycles. The van der Waals surface area contributed by atoms with Gasteiger partial charge in [0.15, 0.2) is 5.78 Å². The second-order valence-corrected chi connectivity index (χ2v) is 16.4. The van der Waals surface area contributed by atoms with E-state index in [4.69, 9.17) is 0 Å². The lowest BCUT2D eigenvalue weighted by atomic mass is 9.32. The Morgan fingerprint density at radius 1 is 0.829 bits per heavy atom. The van der Waals surface area contributed by atoms with Gasteiger partial charge < -0.3 is 10.2 Å². The summed E-state index contributed by atoms with van der Waals surface area (Å²) in [6, 6.07) is 9.35. The van der Waals surface area contributed by atoms with Gasteiger partial charge in [-0.3, -0.25) is 9.59 Å². The van der Waals surface area contributed by atoms with E-state index in [1.807, 2.05) is 30.3 Å². The average Bonchev–Trinajstić information content (AvgIpc) is 2.93. The third-order valence-electron chi connectivity index (χ3n) is 15.1. The molecular formula is C37H52O4. The van der Waals surface area contributed by atoms with Gasteiger partial charge in [0.2, 0.25) is 0 Å². The van der Waals surface area contributed by atoms with E-state index in [1.54, 1.807) is 0 Å². The van der Waals surface area contributed by atoms with Gasteiger partial charge in [0, 0.05) is 11.0 Å². The van der Waals surface area contributed by atoms with Gasteiger partial charge in [-0.15, -0.1) is 0 Å². The lowest BCUT2D eigenvalue weighted by Crippen LogP contribution is -2.68. The van der Waals surface area contributed by atoms with Crippen LogP contribution in [-0.4, -0.2) is 27.6 Å². The van der Waals surface area contributed by atoms with Crippen molar-refractivity contribution in [1.29, 1.82) is 0 Å². The zero-order valence-corrected chi connectivity index (χ0v) is 26.4. The van der Waals surface area contributed by atoms with E-state index in [9.17, 15) is 19.8 Å². The molecule has 2 N–H and O–H groups in total. The quantitative estimate of drug-likeness (QED) is 0.288. The Hall–Kier alpha value is -1.94. The molecule has 6 rings (SSSR count). The Morgan fingerprint density at radius 2 is 1.51 bits per heavy atom. The first-order valence-electron chi connectivity index (χ1n) is 16.4. The predicted octanol–water partition coefficient (Wildman–Crippen LogP) is 8.34. The molecule has 0 radical (unpaired) electrons. The number of rotatable bonds is 3. The average molecular weight is 561 g/mol. The van der Waals surface area contributed by atoms with Crippen LogP contribution in [-0.2, 0) is 4.79 Å². The number of ketones is 1. The van der Waals surface area contributed by atoms with Crippen molar-refractivity contribution in [2.75, 3.05) is 0 Å². The monoisotopic (exact) mass is 560 g/mol. The smallest absolute Gasteiger partial charge is 0.310 e. The molecule has 4 saturated carbocycles. The number of carboxylic acid groups (broad SMARTS) is 1. The van der Waals surface area contributed by atoms with E-state index in [1.165, 1.54) is 5.57 Å². The van der Waals surface area contributed by atoms with Gasteiger partial charge in [-0.2, -0.15) is 0 Å². The van der Waals surface area contributed by atoms with Crippen LogP contribution in [0.25, 0.3) is 0 Å². The SMILES string of the molecule is C[C@H]1[C@H](C)CC[C@]2(C(=O)O)CC[C@]3(C)C(=CC[C@@H]4[C@@]5(C)CC[C@@](O)(C(=O)c6ccccc6)C(C)(C)C5CC[C@]43C)[C@H]12. The lowest BCUT2D eigenvalue weighted by Gasteiger charge is -2.72. The first kappa shape index (κ1) is 29.1. The first-order chi connectivity index (χ1) is 19.1. The fourth-order valence-corrected chi connectivity index (χ4v) is 12.1. The maximum atomic E-state index is 13.9. The molecule has 0 aromatic heterocycles. The van der Waals surface area contributed by atoms with Crippen LogP contribution in [0.5, 0.6) is 0 Å². The summed E-state index contributed by atoms with van der Waals surface area (Å²) in [6.45, 7) is 16.4. The second-order valence-electron chi connectivity index (χ2n) is 16.4. The van der Waals surface area contributed by atoms with Crippen LogP contribution in [0, 0.1) is 56.7 Å². The molecular weight excluding hydrogens is 508 g/mol. The van der Waals surface area contributed by atoms with E-state index in [2.05, 4.69) is 54.5 Å². The Labute approximate surface area is 247 Å². The van der Waals surface area contributed by atoms with Crippen LogP contribution in [0.15, 0.2) is 42.0 Å². The van der Waals surface area contributed by atoms with Crippen molar-refractivity contribution < 1.29 is 19.8 Å². The lowest BCUT2D eigenvalue weighted by molar-refractivity contribution is -0.222. The van der Waals surface area contributed by atoms with Crippen LogP contribution in [0.2, 0.25) is 0 Å². The standard InChI is InChI=1S/C37H52O4/c1-23-15-18-36(31(39)40)21-20-34(6)26(29(36)24(23)2)13-14-28-33(5)19-22-37(41,30(38)25-11-9-8-10-12-25)32(3,4)27(33)16-17-35(28,34)7/h8-13,23-24,27-29,41H,14-22H2,1-7H3,(H,39,40)/t23-,24+,27?,28-,29+,33+,34-,35-,36+,37-/m1/s1. The Kier molecular flexibility index (Phi) is 6.42. The molecule has 0 heterocycles. The molecule has 1 aromatic rings. The summed E-state index contributed by atoms with van der Waals surface area (Å²) in [5, 5.41) is 22.9. The molecule has 4 fully saturated rings. The van der Waals surface area contributed by atoms with Crippen molar-refractivity contribution in [3.05, 3.63) is 47.5 Å². The van der Waals surface area contributed by atoms with Crippen LogP contribution in [0.3, 0.4) is 0 Å². The number of carbonyl (C=O) groups is 2. The number of hydrogen-bond acceptors (Lipinski definition) is 3. The molecule has 224 valence electrons. The van der Waals surface area contributed by atoms with Gasteiger partial charge in [0.1, 0.15) is 5.60 Å². The maximum Gasteiger partial charge on any atom is 0.310 e. The second kappa shape index (κ2) is 9.04. The van der Waals surface area contributed by atoms with Crippen LogP contribution in [0.4, 0.5) is 0 Å². The third-order valence-corrected chi connectivity index (χ3v) is 15.1. The minimum Gasteiger partial charge on any atom is -0.481 e. The predicted molar refractivity (Wildman–Crippen MR) is 162 cm³/mol. The molecule has 1 aromatic carbocycles. The van der Waals surface area contributed by atoms with Gasteiger partial charge in [-0.1, -0.05) is 90.4 Å². The number of carboxylic acids is 1. The molecule has 41 heavy (non-hydrogen) atoms. The van der Waals surface area contributed by atoms with E-state index in [0.717, 1.165) is 51.4 Å². The van der Waals surface area contributed by atoms with E-state index in [-0.39, 0.29) is 33.9 Å². The topological polar surface area (TPSA) is 74.6 Å². The Morgan fingerprint density at radius 3 is 2.17 bits per heavy atom. The van der Waals surface area contributed by atoms with Crippen molar-refractivity contribution in [3.8, 4) is 0 Å². The summed E-state index contributed by atoms with van der Waals surface area (Å²) in [7, 11) is 0. The van der Waals surface area contributed by atoms with Crippen molar-refractivity contribution in [2.45, 2.75) is 112 Å². The highest BCUT2D eigenvalue weighted by Gasteiger charge is 2.71. The molecule has 4 nitrogen and oxygen atoms in total. The summed E-state index contributed by atoms with van der Waals surface area (Å²) in [4.78, 5) is 26.8. The van der Waals surface area contributed by atoms with Gasteiger partial charge in [-0.05, 0) is 104 Å². The zero-order valence-electron chi connectivity index (χ0n) is 26.4. The number of carbonyl (C=O) groups excluding carboxylic acids is 1. The number of fused-ring (bicyclic) bond motifs is 7. The molecule has 10 atom stereocenters. The minimum atomic E-state index is -1.38. The largest absolute Gasteiger partial charge is 0.481 e. The highest BCUT2D eigenvalue weighted by atomic mass is 16.4. The molecule has 4 heteroatoms. The van der Waals surface area contributed by atoms with Crippen molar-refractivity contribution in [1.82, 2.24) is 0 Å². The summed E-state index contributed by atoms with van der Waals surface area (Å²) in [6.07, 6.45) is 10.4. The number of Topliss-reactive ketones (excluding diaryl/α,β-unsaturated/α-hetero) is 1. The van der Waals surface area contributed by atoms with Crippen LogP contribution < -0.4 is 0 Å².